The zero-order valence-electron chi connectivity index (χ0n) is 11.5. The van der Waals surface area contributed by atoms with E-state index in [-0.39, 0.29) is 12.3 Å². The maximum absolute atomic E-state index is 11.2. The summed E-state index contributed by atoms with van der Waals surface area (Å²) < 4.78 is 5.93. The number of hydrogen-bond donors (Lipinski definition) is 1. The molecule has 3 nitrogen and oxygen atoms in total. The first-order chi connectivity index (χ1) is 9.54. The summed E-state index contributed by atoms with van der Waals surface area (Å²) in [7, 11) is 0. The lowest BCUT2D eigenvalue weighted by atomic mass is 9.84. The summed E-state index contributed by atoms with van der Waals surface area (Å²) in [5.41, 5.74) is 4.13. The number of carbonyl (C=O) groups is 1. The Labute approximate surface area is 117 Å². The van der Waals surface area contributed by atoms with E-state index in [0.717, 1.165) is 33.8 Å². The smallest absolute Gasteiger partial charge is 0.304 e. The van der Waals surface area contributed by atoms with Crippen LogP contribution in [0.1, 0.15) is 34.6 Å². The Balaban J connectivity index is 2.16. The number of aryl methyl sites for hydroxylation is 2. The number of fused-ring (bicyclic) bond motifs is 2. The van der Waals surface area contributed by atoms with Crippen molar-refractivity contribution in [3.63, 3.8) is 0 Å². The molecule has 3 heteroatoms. The number of carboxylic acid groups (broad SMARTS) is 1. The van der Waals surface area contributed by atoms with Crippen LogP contribution in [0.3, 0.4) is 0 Å². The number of carboxylic acids is 1. The van der Waals surface area contributed by atoms with Gasteiger partial charge in [-0.1, -0.05) is 29.8 Å². The predicted octanol–water partition coefficient (Wildman–Crippen LogP) is 4.02. The van der Waals surface area contributed by atoms with Gasteiger partial charge in [0, 0.05) is 17.0 Å². The minimum atomic E-state index is -0.795. The first-order valence-electron chi connectivity index (χ1n) is 6.65. The van der Waals surface area contributed by atoms with Gasteiger partial charge >= 0.3 is 5.97 Å². The summed E-state index contributed by atoms with van der Waals surface area (Å²) in [6, 6.07) is 11.9. The lowest BCUT2D eigenvalue weighted by Crippen LogP contribution is -2.14. The third-order valence-corrected chi connectivity index (χ3v) is 3.68. The third kappa shape index (κ3) is 2.16. The summed E-state index contributed by atoms with van der Waals surface area (Å²) >= 11 is 0. The molecule has 0 aromatic heterocycles. The van der Waals surface area contributed by atoms with Gasteiger partial charge in [0.1, 0.15) is 11.5 Å². The van der Waals surface area contributed by atoms with Gasteiger partial charge in [0.05, 0.1) is 6.42 Å². The normalized spacial score (nSPS) is 16.0. The third-order valence-electron chi connectivity index (χ3n) is 3.68. The Morgan fingerprint density at radius 1 is 1.05 bits per heavy atom. The highest BCUT2D eigenvalue weighted by Crippen LogP contribution is 2.46. The molecule has 1 aliphatic heterocycles. The predicted molar refractivity (Wildman–Crippen MR) is 76.5 cm³/mol. The first kappa shape index (κ1) is 12.7. The minimum absolute atomic E-state index is 0.0792. The van der Waals surface area contributed by atoms with Crippen molar-refractivity contribution in [1.29, 1.82) is 0 Å². The number of rotatable bonds is 2. The van der Waals surface area contributed by atoms with E-state index >= 15 is 0 Å². The molecule has 1 N–H and O–H groups in total. The number of benzene rings is 2. The highest BCUT2D eigenvalue weighted by Gasteiger charge is 2.29. The minimum Gasteiger partial charge on any atom is -0.481 e. The molecule has 1 aliphatic rings. The lowest BCUT2D eigenvalue weighted by molar-refractivity contribution is -0.137. The van der Waals surface area contributed by atoms with E-state index in [2.05, 4.69) is 0 Å². The molecule has 1 unspecified atom stereocenters. The lowest BCUT2D eigenvalue weighted by Gasteiger charge is -2.28. The Kier molecular flexibility index (Phi) is 2.97. The van der Waals surface area contributed by atoms with Gasteiger partial charge in [-0.2, -0.15) is 0 Å². The molecule has 0 amide bonds. The van der Waals surface area contributed by atoms with Crippen LogP contribution in [0.2, 0.25) is 0 Å². The Morgan fingerprint density at radius 2 is 1.75 bits per heavy atom. The van der Waals surface area contributed by atoms with Crippen LogP contribution in [0.4, 0.5) is 0 Å². The Hall–Kier alpha value is -2.29. The molecule has 0 fully saturated rings. The van der Waals surface area contributed by atoms with E-state index in [0.29, 0.717) is 0 Å². The van der Waals surface area contributed by atoms with Gasteiger partial charge in [0.25, 0.3) is 0 Å². The highest BCUT2D eigenvalue weighted by molar-refractivity contribution is 5.71. The molecule has 1 atom stereocenters. The average Bonchev–Trinajstić information content (AvgIpc) is 2.38. The van der Waals surface area contributed by atoms with Crippen LogP contribution < -0.4 is 4.74 Å². The van der Waals surface area contributed by atoms with Crippen LogP contribution in [0.15, 0.2) is 36.4 Å². The monoisotopic (exact) mass is 268 g/mol. The number of hydrogen-bond acceptors (Lipinski definition) is 2. The van der Waals surface area contributed by atoms with Crippen molar-refractivity contribution in [2.75, 3.05) is 0 Å². The summed E-state index contributed by atoms with van der Waals surface area (Å²) in [6.07, 6.45) is 0.0792. The summed E-state index contributed by atoms with van der Waals surface area (Å²) in [5.74, 6) is 0.593. The van der Waals surface area contributed by atoms with E-state index < -0.39 is 5.97 Å². The molecule has 0 aliphatic carbocycles. The van der Waals surface area contributed by atoms with E-state index in [4.69, 9.17) is 4.74 Å². The van der Waals surface area contributed by atoms with E-state index in [1.54, 1.807) is 0 Å². The Bertz CT molecular complexity index is 689. The molecule has 0 bridgehead atoms. The van der Waals surface area contributed by atoms with Gasteiger partial charge in [-0.05, 0) is 31.5 Å². The molecule has 2 aromatic rings. The standard InChI is InChI=1S/C17H16O3/c1-10-4-6-15-14(7-10)13(9-17(18)19)12-5-3-11(2)8-16(12)20-15/h3-8,13H,9H2,1-2H3,(H,18,19). The second kappa shape index (κ2) is 4.67. The van der Waals surface area contributed by atoms with Crippen molar-refractivity contribution in [3.8, 4) is 11.5 Å². The second-order valence-electron chi connectivity index (χ2n) is 5.34. The maximum atomic E-state index is 11.2. The van der Waals surface area contributed by atoms with Crippen molar-refractivity contribution >= 4 is 5.97 Å². The zero-order valence-corrected chi connectivity index (χ0v) is 11.5. The van der Waals surface area contributed by atoms with Crippen molar-refractivity contribution in [1.82, 2.24) is 0 Å². The molecular formula is C17H16O3. The topological polar surface area (TPSA) is 46.5 Å². The van der Waals surface area contributed by atoms with Gasteiger partial charge in [0.15, 0.2) is 0 Å². The van der Waals surface area contributed by atoms with Crippen LogP contribution in [0.5, 0.6) is 11.5 Å². The van der Waals surface area contributed by atoms with Gasteiger partial charge in [0.2, 0.25) is 0 Å². The van der Waals surface area contributed by atoms with E-state index in [9.17, 15) is 9.90 Å². The molecular weight excluding hydrogens is 252 g/mol. The van der Waals surface area contributed by atoms with Crippen molar-refractivity contribution in [2.45, 2.75) is 26.2 Å². The fraction of sp³-hybridized carbons (Fsp3) is 0.235. The molecule has 102 valence electrons. The van der Waals surface area contributed by atoms with Gasteiger partial charge in [-0.3, -0.25) is 4.79 Å². The number of aliphatic carboxylic acids is 1. The molecule has 1 heterocycles. The van der Waals surface area contributed by atoms with Gasteiger partial charge < -0.3 is 9.84 Å². The molecule has 0 saturated heterocycles. The molecule has 3 rings (SSSR count). The largest absolute Gasteiger partial charge is 0.481 e. The van der Waals surface area contributed by atoms with Crippen LogP contribution in [-0.2, 0) is 4.79 Å². The number of ether oxygens (including phenoxy) is 1. The molecule has 20 heavy (non-hydrogen) atoms. The summed E-state index contributed by atoms with van der Waals surface area (Å²) in [5, 5.41) is 9.20. The SMILES string of the molecule is Cc1ccc2c(c1)Oc1ccc(C)cc1C2CC(=O)O. The fourth-order valence-electron chi connectivity index (χ4n) is 2.73. The van der Waals surface area contributed by atoms with E-state index in [1.165, 1.54) is 0 Å². The van der Waals surface area contributed by atoms with Crippen molar-refractivity contribution < 1.29 is 14.6 Å². The highest BCUT2D eigenvalue weighted by atomic mass is 16.5. The summed E-state index contributed by atoms with van der Waals surface area (Å²) in [6.45, 7) is 4.00. The summed E-state index contributed by atoms with van der Waals surface area (Å²) in [4.78, 5) is 11.2. The second-order valence-corrected chi connectivity index (χ2v) is 5.34. The first-order valence-corrected chi connectivity index (χ1v) is 6.65. The van der Waals surface area contributed by atoms with Crippen molar-refractivity contribution in [3.05, 3.63) is 58.7 Å². The molecule has 0 spiro atoms. The van der Waals surface area contributed by atoms with Gasteiger partial charge in [-0.15, -0.1) is 0 Å². The van der Waals surface area contributed by atoms with Crippen LogP contribution >= 0.6 is 0 Å². The maximum Gasteiger partial charge on any atom is 0.304 e. The Morgan fingerprint density at radius 3 is 2.50 bits per heavy atom. The quantitative estimate of drug-likeness (QED) is 0.895. The van der Waals surface area contributed by atoms with Crippen LogP contribution in [0.25, 0.3) is 0 Å². The molecule has 2 aromatic carbocycles. The van der Waals surface area contributed by atoms with E-state index in [1.807, 2.05) is 50.2 Å². The molecule has 0 saturated carbocycles. The fourth-order valence-corrected chi connectivity index (χ4v) is 2.73. The average molecular weight is 268 g/mol. The van der Waals surface area contributed by atoms with Crippen molar-refractivity contribution in [2.24, 2.45) is 0 Å². The zero-order chi connectivity index (χ0) is 14.3. The molecule has 0 radical (unpaired) electrons. The van der Waals surface area contributed by atoms with Crippen LogP contribution in [0, 0.1) is 13.8 Å². The van der Waals surface area contributed by atoms with Crippen LogP contribution in [-0.4, -0.2) is 11.1 Å². The van der Waals surface area contributed by atoms with Gasteiger partial charge in [-0.25, -0.2) is 0 Å².